The van der Waals surface area contributed by atoms with Gasteiger partial charge >= 0.3 is 5.69 Å². The summed E-state index contributed by atoms with van der Waals surface area (Å²) in [7, 11) is 1.79. The average Bonchev–Trinajstić information content (AvgIpc) is 3.31. The summed E-state index contributed by atoms with van der Waals surface area (Å²) in [5, 5.41) is 12.3. The summed E-state index contributed by atoms with van der Waals surface area (Å²) in [6.45, 7) is 2.58. The molecular formula is C19H21N7O2S2. The van der Waals surface area contributed by atoms with Crippen LogP contribution in [0.3, 0.4) is 0 Å². The lowest BCUT2D eigenvalue weighted by atomic mass is 10.3. The highest BCUT2D eigenvalue weighted by Gasteiger charge is 2.17. The Bertz CT molecular complexity index is 1270. The summed E-state index contributed by atoms with van der Waals surface area (Å²) in [5.41, 5.74) is 0.951. The van der Waals surface area contributed by atoms with Gasteiger partial charge in [0.15, 0.2) is 15.5 Å². The van der Waals surface area contributed by atoms with E-state index in [0.717, 1.165) is 22.9 Å². The molecule has 156 valence electrons. The maximum absolute atomic E-state index is 12.3. The fraction of sp³-hybridized carbons (Fsp3) is 0.316. The van der Waals surface area contributed by atoms with Gasteiger partial charge in [-0.1, -0.05) is 54.6 Å². The molecule has 0 fully saturated rings. The van der Waals surface area contributed by atoms with Crippen molar-refractivity contribution in [3.63, 3.8) is 0 Å². The third kappa shape index (κ3) is 4.17. The molecule has 0 unspecified atom stereocenters. The third-order valence-corrected chi connectivity index (χ3v) is 6.57. The van der Waals surface area contributed by atoms with Crippen LogP contribution in [0.4, 0.5) is 10.8 Å². The van der Waals surface area contributed by atoms with Crippen LogP contribution in [0.15, 0.2) is 44.3 Å². The quantitative estimate of drug-likeness (QED) is 0.403. The largest absolute Gasteiger partial charge is 0.330 e. The second kappa shape index (κ2) is 8.84. The maximum Gasteiger partial charge on any atom is 0.330 e. The molecule has 4 rings (SSSR count). The van der Waals surface area contributed by atoms with E-state index in [1.807, 2.05) is 30.3 Å². The van der Waals surface area contributed by atoms with E-state index < -0.39 is 11.2 Å². The summed E-state index contributed by atoms with van der Waals surface area (Å²) < 4.78 is 4.08. The van der Waals surface area contributed by atoms with Gasteiger partial charge in [0.25, 0.3) is 5.56 Å². The Morgan fingerprint density at radius 1 is 1.20 bits per heavy atom. The number of aromatic amines is 1. The van der Waals surface area contributed by atoms with Crippen LogP contribution in [0.25, 0.3) is 11.2 Å². The van der Waals surface area contributed by atoms with Gasteiger partial charge in [0.1, 0.15) is 5.82 Å². The molecule has 2 N–H and O–H groups in total. The first-order valence-corrected chi connectivity index (χ1v) is 11.3. The van der Waals surface area contributed by atoms with Crippen molar-refractivity contribution in [2.45, 2.75) is 36.4 Å². The maximum atomic E-state index is 12.3. The highest BCUT2D eigenvalue weighted by molar-refractivity contribution is 8.00. The molecule has 0 aliphatic carbocycles. The molecule has 3 aromatic heterocycles. The van der Waals surface area contributed by atoms with Crippen LogP contribution in [0.2, 0.25) is 0 Å². The predicted molar refractivity (Wildman–Crippen MR) is 120 cm³/mol. The molecule has 4 aromatic rings. The van der Waals surface area contributed by atoms with Gasteiger partial charge in [-0.3, -0.25) is 14.3 Å². The van der Waals surface area contributed by atoms with Gasteiger partial charge in [-0.05, 0) is 18.6 Å². The van der Waals surface area contributed by atoms with E-state index in [-0.39, 0.29) is 0 Å². The SMILES string of the molecule is CCCCn1c(=O)[nH]c(=O)c2c1nc(CSc1nnc(Nc3ccccc3)s1)n2C. The number of H-pyrrole nitrogens is 1. The Morgan fingerprint density at radius 2 is 2.00 bits per heavy atom. The Kier molecular flexibility index (Phi) is 6.00. The van der Waals surface area contributed by atoms with Crippen molar-refractivity contribution in [2.75, 3.05) is 5.32 Å². The van der Waals surface area contributed by atoms with E-state index in [1.54, 1.807) is 16.2 Å². The lowest BCUT2D eigenvalue weighted by Crippen LogP contribution is -2.31. The number of hydrogen-bond donors (Lipinski definition) is 2. The topological polar surface area (TPSA) is 110 Å². The molecule has 3 heterocycles. The second-order valence-electron chi connectivity index (χ2n) is 6.68. The molecule has 11 heteroatoms. The molecular weight excluding hydrogens is 422 g/mol. The molecule has 0 amide bonds. The van der Waals surface area contributed by atoms with E-state index in [4.69, 9.17) is 0 Å². The molecule has 30 heavy (non-hydrogen) atoms. The van der Waals surface area contributed by atoms with Gasteiger partial charge in [-0.15, -0.1) is 10.2 Å². The van der Waals surface area contributed by atoms with Crippen molar-refractivity contribution < 1.29 is 0 Å². The Morgan fingerprint density at radius 3 is 2.77 bits per heavy atom. The molecule has 0 atom stereocenters. The number of thioether (sulfide) groups is 1. The zero-order valence-corrected chi connectivity index (χ0v) is 18.2. The number of fused-ring (bicyclic) bond motifs is 1. The fourth-order valence-electron chi connectivity index (χ4n) is 3.03. The lowest BCUT2D eigenvalue weighted by Gasteiger charge is -2.04. The van der Waals surface area contributed by atoms with Crippen molar-refractivity contribution in [3.05, 3.63) is 57.0 Å². The fourth-order valence-corrected chi connectivity index (χ4v) is 4.79. The number of imidazole rings is 1. The van der Waals surface area contributed by atoms with Gasteiger partial charge < -0.3 is 9.88 Å². The number of aromatic nitrogens is 6. The number of hydrogen-bond acceptors (Lipinski definition) is 8. The van der Waals surface area contributed by atoms with Crippen LogP contribution in [0, 0.1) is 0 Å². The van der Waals surface area contributed by atoms with Gasteiger partial charge in [0, 0.05) is 19.3 Å². The number of nitrogens with one attached hydrogen (secondary N) is 2. The molecule has 0 aliphatic rings. The number of rotatable bonds is 8. The average molecular weight is 444 g/mol. The van der Waals surface area contributed by atoms with Crippen molar-refractivity contribution in [2.24, 2.45) is 7.05 Å². The zero-order chi connectivity index (χ0) is 21.1. The van der Waals surface area contributed by atoms with Gasteiger partial charge in [-0.2, -0.15) is 0 Å². The minimum atomic E-state index is -0.418. The molecule has 1 aromatic carbocycles. The summed E-state index contributed by atoms with van der Waals surface area (Å²) in [4.78, 5) is 31.6. The van der Waals surface area contributed by atoms with Crippen LogP contribution < -0.4 is 16.6 Å². The summed E-state index contributed by atoms with van der Waals surface area (Å²) in [5.74, 6) is 1.20. The van der Waals surface area contributed by atoms with Crippen LogP contribution in [0.5, 0.6) is 0 Å². The molecule has 0 bridgehead atoms. The second-order valence-corrected chi connectivity index (χ2v) is 8.88. The number of para-hydroxylation sites is 1. The standard InChI is InChI=1S/C19H21N7O2S2/c1-3-4-10-26-15-14(16(27)22-18(26)28)25(2)13(21-15)11-29-19-24-23-17(30-19)20-12-8-6-5-7-9-12/h5-9H,3-4,10-11H2,1-2H3,(H,20,23)(H,22,27,28). The van der Waals surface area contributed by atoms with E-state index in [9.17, 15) is 9.59 Å². The van der Waals surface area contributed by atoms with Gasteiger partial charge in [0.05, 0.1) is 5.75 Å². The minimum Gasteiger partial charge on any atom is -0.330 e. The van der Waals surface area contributed by atoms with Gasteiger partial charge in [-0.25, -0.2) is 9.78 Å². The van der Waals surface area contributed by atoms with Crippen molar-refractivity contribution in [3.8, 4) is 0 Å². The minimum absolute atomic E-state index is 0.407. The first-order valence-electron chi connectivity index (χ1n) is 9.53. The summed E-state index contributed by atoms with van der Waals surface area (Å²) >= 11 is 2.94. The number of nitrogens with zero attached hydrogens (tertiary/aromatic N) is 5. The summed E-state index contributed by atoms with van der Waals surface area (Å²) in [6, 6.07) is 9.78. The van der Waals surface area contributed by atoms with Crippen LogP contribution >= 0.6 is 23.1 Å². The van der Waals surface area contributed by atoms with E-state index in [0.29, 0.717) is 34.4 Å². The number of benzene rings is 1. The van der Waals surface area contributed by atoms with Crippen molar-refractivity contribution in [1.29, 1.82) is 0 Å². The Labute approximate surface area is 180 Å². The molecule has 0 saturated carbocycles. The molecule has 0 spiro atoms. The molecule has 0 aliphatic heterocycles. The number of unbranched alkanes of at least 4 members (excludes halogenated alkanes) is 1. The number of anilines is 2. The monoisotopic (exact) mass is 443 g/mol. The highest BCUT2D eigenvalue weighted by atomic mass is 32.2. The van der Waals surface area contributed by atoms with Gasteiger partial charge in [0.2, 0.25) is 5.13 Å². The molecule has 0 radical (unpaired) electrons. The number of aryl methyl sites for hydroxylation is 2. The van der Waals surface area contributed by atoms with Crippen LogP contribution in [-0.2, 0) is 19.3 Å². The lowest BCUT2D eigenvalue weighted by molar-refractivity contribution is 0.613. The molecule has 0 saturated heterocycles. The first kappa shape index (κ1) is 20.4. The van der Waals surface area contributed by atoms with E-state index in [1.165, 1.54) is 23.1 Å². The smallest absolute Gasteiger partial charge is 0.330 e. The Balaban J connectivity index is 1.55. The summed E-state index contributed by atoms with van der Waals surface area (Å²) in [6.07, 6.45) is 1.78. The van der Waals surface area contributed by atoms with E-state index >= 15 is 0 Å². The molecule has 9 nitrogen and oxygen atoms in total. The highest BCUT2D eigenvalue weighted by Crippen LogP contribution is 2.30. The third-order valence-electron chi connectivity index (χ3n) is 4.60. The first-order chi connectivity index (χ1) is 14.6. The van der Waals surface area contributed by atoms with E-state index in [2.05, 4.69) is 32.4 Å². The van der Waals surface area contributed by atoms with Crippen LogP contribution in [-0.4, -0.2) is 29.3 Å². The van der Waals surface area contributed by atoms with Crippen molar-refractivity contribution >= 4 is 45.1 Å². The Hall–Kier alpha value is -2.92. The van der Waals surface area contributed by atoms with Crippen molar-refractivity contribution in [1.82, 2.24) is 29.3 Å². The normalized spacial score (nSPS) is 11.3. The van der Waals surface area contributed by atoms with Crippen LogP contribution in [0.1, 0.15) is 25.6 Å². The predicted octanol–water partition coefficient (Wildman–Crippen LogP) is 3.11. The zero-order valence-electron chi connectivity index (χ0n) is 16.6.